The summed E-state index contributed by atoms with van der Waals surface area (Å²) in [5, 5.41) is 33.9. The van der Waals surface area contributed by atoms with Crippen LogP contribution in [0.25, 0.3) is 21.8 Å². The van der Waals surface area contributed by atoms with Gasteiger partial charge in [-0.05, 0) is 132 Å². The second kappa shape index (κ2) is 35.4. The minimum atomic E-state index is -1.57. The van der Waals surface area contributed by atoms with E-state index in [0.29, 0.717) is 67.0 Å². The van der Waals surface area contributed by atoms with Crippen LogP contribution >= 0.6 is 0 Å². The maximum Gasteiger partial charge on any atom is 0.303 e. The number of unbranched alkanes of at least 4 members (excludes halogenated alkanes) is 2. The molecule has 0 radical (unpaired) electrons. The lowest BCUT2D eigenvalue weighted by Gasteiger charge is -2.35. The number of carbonyl (C=O) groups excluding carboxylic acids is 10. The summed E-state index contributed by atoms with van der Waals surface area (Å²) in [4.78, 5) is 175. The highest BCUT2D eigenvalue weighted by Gasteiger charge is 2.46. The van der Waals surface area contributed by atoms with Crippen LogP contribution in [-0.4, -0.2) is 189 Å². The van der Waals surface area contributed by atoms with Gasteiger partial charge in [0.1, 0.15) is 60.4 Å². The van der Waals surface area contributed by atoms with Gasteiger partial charge < -0.3 is 90.3 Å². The third kappa shape index (κ3) is 20.0. The van der Waals surface area contributed by atoms with Gasteiger partial charge in [-0.2, -0.15) is 0 Å². The van der Waals surface area contributed by atoms with Crippen molar-refractivity contribution in [2.45, 2.75) is 197 Å². The Morgan fingerprint density at radius 3 is 1.42 bits per heavy atom. The van der Waals surface area contributed by atoms with Gasteiger partial charge in [-0.3, -0.25) is 57.7 Å². The summed E-state index contributed by atoms with van der Waals surface area (Å²) in [7, 11) is 0. The summed E-state index contributed by atoms with van der Waals surface area (Å²) in [6, 6.07) is 1.23. The van der Waals surface area contributed by atoms with Crippen molar-refractivity contribution >= 4 is 92.8 Å². The summed E-state index contributed by atoms with van der Waals surface area (Å²) < 4.78 is 0. The summed E-state index contributed by atoms with van der Waals surface area (Å²) in [6.45, 7) is 7.67. The minimum absolute atomic E-state index is 0.0222. The Hall–Kier alpha value is -9.12. The maximum absolute atomic E-state index is 15.2. The molecule has 5 heterocycles. The lowest BCUT2D eigenvalue weighted by molar-refractivity contribution is -0.149. The number of hydrogen-bond acceptors (Lipinski definition) is 14. The average molecular weight is 1320 g/mol. The van der Waals surface area contributed by atoms with Gasteiger partial charge >= 0.3 is 5.97 Å². The van der Waals surface area contributed by atoms with Gasteiger partial charge in [0.25, 0.3) is 0 Å². The molecule has 2 aromatic carbocycles. The van der Waals surface area contributed by atoms with E-state index >= 15 is 14.4 Å². The zero-order valence-corrected chi connectivity index (χ0v) is 54.8. The Morgan fingerprint density at radius 1 is 0.526 bits per heavy atom. The lowest BCUT2D eigenvalue weighted by atomic mass is 9.96. The van der Waals surface area contributed by atoms with E-state index in [1.165, 1.54) is 9.80 Å². The third-order valence-corrected chi connectivity index (χ3v) is 18.2. The van der Waals surface area contributed by atoms with E-state index in [-0.39, 0.29) is 90.0 Å². The topological polar surface area (TPSA) is 459 Å². The molecule has 10 amide bonds. The highest BCUT2D eigenvalue weighted by Crippen LogP contribution is 2.28. The van der Waals surface area contributed by atoms with Crippen LogP contribution in [0.15, 0.2) is 65.9 Å². The fraction of sp³-hybridized carbons (Fsp3) is 0.576. The van der Waals surface area contributed by atoms with Crippen LogP contribution in [0.2, 0.25) is 0 Å². The second-order valence-electron chi connectivity index (χ2n) is 25.4. The molecule has 3 fully saturated rings. The average Bonchev–Trinajstić information content (AvgIpc) is 2.09. The third-order valence-electron chi connectivity index (χ3n) is 18.2. The molecule has 0 aliphatic carbocycles. The largest absolute Gasteiger partial charge is 0.481 e. The second-order valence-corrected chi connectivity index (χ2v) is 25.4. The van der Waals surface area contributed by atoms with Gasteiger partial charge in [-0.15, -0.1) is 0 Å². The summed E-state index contributed by atoms with van der Waals surface area (Å²) >= 11 is 0. The number of nitrogens with two attached hydrogens (primary N) is 4. The number of carbonyl (C=O) groups is 11. The first-order valence-corrected chi connectivity index (χ1v) is 33.3. The van der Waals surface area contributed by atoms with E-state index in [4.69, 9.17) is 22.9 Å². The van der Waals surface area contributed by atoms with Crippen molar-refractivity contribution < 1.29 is 57.8 Å². The molecule has 0 unspecified atom stereocenters. The van der Waals surface area contributed by atoms with Gasteiger partial charge in [0.2, 0.25) is 59.1 Å². The van der Waals surface area contributed by atoms with Crippen molar-refractivity contribution in [3.63, 3.8) is 0 Å². The minimum Gasteiger partial charge on any atom is -0.481 e. The Morgan fingerprint density at radius 2 is 0.947 bits per heavy atom. The predicted octanol–water partition coefficient (Wildman–Crippen LogP) is 0.187. The Balaban J connectivity index is 1.31. The molecule has 3 aliphatic rings. The molecule has 3 aliphatic heterocycles. The van der Waals surface area contributed by atoms with E-state index in [1.54, 1.807) is 51.4 Å². The predicted molar refractivity (Wildman–Crippen MR) is 356 cm³/mol. The number of amides is 10. The number of aromatic amines is 2. The van der Waals surface area contributed by atoms with Gasteiger partial charge in [0, 0.05) is 73.1 Å². The summed E-state index contributed by atoms with van der Waals surface area (Å²) in [5.74, 6) is -10.3. The smallest absolute Gasteiger partial charge is 0.303 e. The Bertz CT molecular complexity index is 3380. The van der Waals surface area contributed by atoms with Crippen molar-refractivity contribution in [3.8, 4) is 0 Å². The van der Waals surface area contributed by atoms with E-state index < -0.39 is 150 Å². The normalized spacial score (nSPS) is 24.7. The number of carboxylic acid groups (broad SMARTS) is 1. The monoisotopic (exact) mass is 1320 g/mol. The molecule has 3 saturated heterocycles. The molecule has 0 saturated carbocycles. The standard InChI is InChI=1S/C66H97N17O12/c1-5-38(4)55-65(95)83-32-16-25-52(83)64(94)82-31-15-24-51(82)62(92)76-48(26-27-53(84)85)59(89)79-49(33-39-35-72-43-19-8-6-17-41(39)43)60(90)80-54(37(2)3)63(93)77-47(23-14-30-71-66(69)70)57(87)74-45(21-10-12-28-67)56(86)75-46(22-11-13-29-68)58(88)78-50(61(91)81-55)34-40-36-73-44-20-9-7-18-42(40)44/h6-9,17-20,35-38,45-52,54-55,72-73H,5,10-16,21-34,67-68H2,1-4H3,(H,74,87)(H,75,86)(H,76,92)(H,77,93)(H,78,88)(H,79,89)(H,80,90)(H,81,91)(H,84,85)(H4,69,70,71)/t38-,45-,46-,47-,48-,49-,50-,51-,52+,54-,55-/m0/s1. The zero-order valence-electron chi connectivity index (χ0n) is 54.8. The molecule has 2 aromatic heterocycles. The number of carboxylic acids is 1. The van der Waals surface area contributed by atoms with Gasteiger partial charge in [-0.25, -0.2) is 0 Å². The first-order valence-electron chi connectivity index (χ1n) is 33.3. The van der Waals surface area contributed by atoms with E-state index in [1.807, 2.05) is 37.3 Å². The first kappa shape index (κ1) is 73.3. The van der Waals surface area contributed by atoms with Crippen molar-refractivity contribution in [1.29, 1.82) is 0 Å². The molecule has 0 bridgehead atoms. The fourth-order valence-corrected chi connectivity index (χ4v) is 12.6. The number of H-pyrrole nitrogens is 2. The number of aliphatic carboxylic acids is 1. The Labute approximate surface area is 552 Å². The number of nitrogens with zero attached hydrogens (tertiary/aromatic N) is 3. The lowest BCUT2D eigenvalue weighted by Crippen LogP contribution is -2.62. The van der Waals surface area contributed by atoms with Crippen molar-refractivity contribution in [2.75, 3.05) is 32.7 Å². The number of aromatic nitrogens is 2. The number of benzene rings is 2. The number of fused-ring (bicyclic) bond motifs is 4. The van der Waals surface area contributed by atoms with Crippen LogP contribution in [0.5, 0.6) is 0 Å². The number of nitrogens with one attached hydrogen (secondary N) is 10. The molecule has 0 spiro atoms. The van der Waals surface area contributed by atoms with E-state index in [0.717, 1.165) is 10.9 Å². The van der Waals surface area contributed by atoms with Crippen LogP contribution in [0.4, 0.5) is 0 Å². The molecule has 95 heavy (non-hydrogen) atoms. The zero-order chi connectivity index (χ0) is 68.9. The van der Waals surface area contributed by atoms with E-state index in [9.17, 15) is 43.5 Å². The molecule has 11 atom stereocenters. The number of aliphatic imine (C=N–C) groups is 1. The van der Waals surface area contributed by atoms with Crippen molar-refractivity contribution in [1.82, 2.24) is 62.3 Å². The molecule has 4 aromatic rings. The SMILES string of the molecule is CC[C@H](C)[C@@H]1NC(=O)[C@H](Cc2c[nH]c3ccccc23)NC(=O)[C@H](CCCCN)NC(=O)[C@H](CCCCN)NC(=O)[C@H](CCCN=C(N)N)NC(=O)[C@H](C(C)C)NC(=O)[C@H](Cc2c[nH]c3ccccc23)NC(=O)[C@H](CCC(=O)O)NC(=O)[C@@H]2CCCN2C(=O)[C@H]2CCCN2C1=O. The number of para-hydroxylation sites is 2. The van der Waals surface area contributed by atoms with E-state index in [2.05, 4.69) is 57.5 Å². The number of rotatable bonds is 22. The molecular weight excluding hydrogens is 1220 g/mol. The summed E-state index contributed by atoms with van der Waals surface area (Å²) in [5.41, 5.74) is 25.8. The number of guanidine groups is 1. The molecule has 19 N–H and O–H groups in total. The van der Waals surface area contributed by atoms with Gasteiger partial charge in [-0.1, -0.05) is 70.5 Å². The molecule has 7 rings (SSSR count). The van der Waals surface area contributed by atoms with Crippen LogP contribution < -0.4 is 65.5 Å². The molecule has 518 valence electrons. The van der Waals surface area contributed by atoms with Gasteiger partial charge in [0.05, 0.1) is 0 Å². The highest BCUT2D eigenvalue weighted by molar-refractivity contribution is 6.01. The molecule has 29 heteroatoms. The van der Waals surface area contributed by atoms with Crippen molar-refractivity contribution in [2.24, 2.45) is 39.8 Å². The van der Waals surface area contributed by atoms with Crippen LogP contribution in [-0.2, 0) is 65.6 Å². The summed E-state index contributed by atoms with van der Waals surface area (Å²) in [6.07, 6.45) is 5.26. The fourth-order valence-electron chi connectivity index (χ4n) is 12.6. The van der Waals surface area contributed by atoms with Gasteiger partial charge in [0.15, 0.2) is 5.96 Å². The first-order chi connectivity index (χ1) is 45.5. The quantitative estimate of drug-likeness (QED) is 0.0284. The molecule has 29 nitrogen and oxygen atoms in total. The van der Waals surface area contributed by atoms with Crippen LogP contribution in [0.3, 0.4) is 0 Å². The van der Waals surface area contributed by atoms with Crippen LogP contribution in [0, 0.1) is 11.8 Å². The highest BCUT2D eigenvalue weighted by atomic mass is 16.4. The Kier molecular flexibility index (Phi) is 27.3. The maximum atomic E-state index is 15.2. The number of hydrogen-bond donors (Lipinski definition) is 15. The molecular formula is C66H97N17O12. The van der Waals surface area contributed by atoms with Crippen LogP contribution in [0.1, 0.15) is 135 Å². The van der Waals surface area contributed by atoms with Crippen molar-refractivity contribution in [3.05, 3.63) is 72.1 Å².